The normalized spacial score (nSPS) is 24.2. The summed E-state index contributed by atoms with van der Waals surface area (Å²) in [5.41, 5.74) is 0. The van der Waals surface area contributed by atoms with Crippen LogP contribution in [0.3, 0.4) is 0 Å². The zero-order chi connectivity index (χ0) is 9.97. The van der Waals surface area contributed by atoms with E-state index in [1.165, 1.54) is 45.1 Å². The van der Waals surface area contributed by atoms with Gasteiger partial charge in [0.05, 0.1) is 0 Å². The van der Waals surface area contributed by atoms with Crippen molar-refractivity contribution >= 4 is 0 Å². The molecular formula is C13H25N. The molecule has 1 atom stereocenters. The number of hydrogen-bond acceptors (Lipinski definition) is 1. The van der Waals surface area contributed by atoms with Crippen LogP contribution in [0.5, 0.6) is 0 Å². The lowest BCUT2D eigenvalue weighted by atomic mass is 9.97. The quantitative estimate of drug-likeness (QED) is 0.658. The molecule has 2 aliphatic carbocycles. The summed E-state index contributed by atoms with van der Waals surface area (Å²) in [6.45, 7) is 5.91. The average Bonchev–Trinajstić information content (AvgIpc) is 3.01. The Kier molecular flexibility index (Phi) is 3.48. The standard InChI is InChI=1S/C13H25N/c1-3-4-10(2)14-9-13(11-5-6-11)12-7-8-12/h10-14H,3-9H2,1-2H3. The number of nitrogens with one attached hydrogen (secondary N) is 1. The minimum absolute atomic E-state index is 0.736. The number of hydrogen-bond donors (Lipinski definition) is 1. The van der Waals surface area contributed by atoms with Gasteiger partial charge in [0.1, 0.15) is 0 Å². The minimum Gasteiger partial charge on any atom is -0.314 e. The average molecular weight is 195 g/mol. The van der Waals surface area contributed by atoms with Gasteiger partial charge in [-0.05, 0) is 63.3 Å². The monoisotopic (exact) mass is 195 g/mol. The predicted octanol–water partition coefficient (Wildman–Crippen LogP) is 3.20. The third kappa shape index (κ3) is 2.98. The van der Waals surface area contributed by atoms with E-state index in [4.69, 9.17) is 0 Å². The molecule has 1 nitrogen and oxygen atoms in total. The van der Waals surface area contributed by atoms with Crippen LogP contribution in [0.1, 0.15) is 52.4 Å². The van der Waals surface area contributed by atoms with Crippen LogP contribution in [-0.2, 0) is 0 Å². The molecule has 2 saturated carbocycles. The summed E-state index contributed by atoms with van der Waals surface area (Å²) < 4.78 is 0. The van der Waals surface area contributed by atoms with Gasteiger partial charge >= 0.3 is 0 Å². The largest absolute Gasteiger partial charge is 0.314 e. The molecule has 2 aliphatic rings. The van der Waals surface area contributed by atoms with Crippen molar-refractivity contribution in [3.8, 4) is 0 Å². The van der Waals surface area contributed by atoms with Gasteiger partial charge in [-0.3, -0.25) is 0 Å². The van der Waals surface area contributed by atoms with Crippen molar-refractivity contribution in [1.82, 2.24) is 5.32 Å². The van der Waals surface area contributed by atoms with Crippen molar-refractivity contribution in [3.63, 3.8) is 0 Å². The highest BCUT2D eigenvalue weighted by Gasteiger charge is 2.40. The van der Waals surface area contributed by atoms with Gasteiger partial charge in [-0.15, -0.1) is 0 Å². The second-order valence-corrected chi connectivity index (χ2v) is 5.44. The van der Waals surface area contributed by atoms with Crippen LogP contribution in [0.2, 0.25) is 0 Å². The Labute approximate surface area is 88.7 Å². The van der Waals surface area contributed by atoms with Gasteiger partial charge in [0.15, 0.2) is 0 Å². The van der Waals surface area contributed by atoms with Crippen molar-refractivity contribution < 1.29 is 0 Å². The topological polar surface area (TPSA) is 12.0 Å². The van der Waals surface area contributed by atoms with Gasteiger partial charge in [0.25, 0.3) is 0 Å². The van der Waals surface area contributed by atoms with Crippen molar-refractivity contribution in [3.05, 3.63) is 0 Å². The SMILES string of the molecule is CCCC(C)NCC(C1CC1)C1CC1. The van der Waals surface area contributed by atoms with Crippen LogP contribution in [0, 0.1) is 17.8 Å². The maximum absolute atomic E-state index is 3.73. The second-order valence-electron chi connectivity index (χ2n) is 5.44. The molecule has 0 amide bonds. The van der Waals surface area contributed by atoms with E-state index in [-0.39, 0.29) is 0 Å². The summed E-state index contributed by atoms with van der Waals surface area (Å²) in [4.78, 5) is 0. The van der Waals surface area contributed by atoms with Crippen LogP contribution < -0.4 is 5.32 Å². The molecule has 14 heavy (non-hydrogen) atoms. The third-order valence-corrected chi connectivity index (χ3v) is 3.88. The Morgan fingerprint density at radius 2 is 1.71 bits per heavy atom. The molecule has 0 aromatic heterocycles. The summed E-state index contributed by atoms with van der Waals surface area (Å²) >= 11 is 0. The molecule has 0 spiro atoms. The van der Waals surface area contributed by atoms with E-state index >= 15 is 0 Å². The molecule has 2 rings (SSSR count). The molecule has 0 aromatic rings. The van der Waals surface area contributed by atoms with Gasteiger partial charge in [-0.25, -0.2) is 0 Å². The zero-order valence-electron chi connectivity index (χ0n) is 9.76. The van der Waals surface area contributed by atoms with E-state index in [1.807, 2.05) is 0 Å². The predicted molar refractivity (Wildman–Crippen MR) is 61.3 cm³/mol. The first kappa shape index (κ1) is 10.5. The van der Waals surface area contributed by atoms with Crippen molar-refractivity contribution in [2.24, 2.45) is 17.8 Å². The summed E-state index contributed by atoms with van der Waals surface area (Å²) in [7, 11) is 0. The Bertz CT molecular complexity index is 158. The fraction of sp³-hybridized carbons (Fsp3) is 1.00. The van der Waals surface area contributed by atoms with Crippen LogP contribution in [0.15, 0.2) is 0 Å². The molecule has 0 saturated heterocycles. The summed E-state index contributed by atoms with van der Waals surface area (Å²) in [5.74, 6) is 3.24. The highest BCUT2D eigenvalue weighted by atomic mass is 14.9. The van der Waals surface area contributed by atoms with Gasteiger partial charge in [-0.1, -0.05) is 13.3 Å². The lowest BCUT2D eigenvalue weighted by Gasteiger charge is -2.20. The molecule has 2 fully saturated rings. The maximum Gasteiger partial charge on any atom is 0.00387 e. The molecule has 0 aliphatic heterocycles. The molecule has 1 N–H and O–H groups in total. The van der Waals surface area contributed by atoms with Crippen molar-refractivity contribution in [2.75, 3.05) is 6.54 Å². The molecule has 82 valence electrons. The number of rotatable bonds is 7. The Balaban J connectivity index is 1.66. The van der Waals surface area contributed by atoms with E-state index < -0.39 is 0 Å². The van der Waals surface area contributed by atoms with E-state index in [0.717, 1.165) is 23.8 Å². The highest BCUT2D eigenvalue weighted by Crippen LogP contribution is 2.48. The second kappa shape index (κ2) is 4.65. The van der Waals surface area contributed by atoms with Gasteiger partial charge in [0.2, 0.25) is 0 Å². The molecule has 0 aromatic carbocycles. The molecule has 0 bridgehead atoms. The lowest BCUT2D eigenvalue weighted by molar-refractivity contribution is 0.353. The first-order chi connectivity index (χ1) is 6.81. The van der Waals surface area contributed by atoms with E-state index in [0.29, 0.717) is 0 Å². The molecule has 0 heterocycles. The lowest BCUT2D eigenvalue weighted by Crippen LogP contribution is -2.32. The molecular weight excluding hydrogens is 170 g/mol. The third-order valence-electron chi connectivity index (χ3n) is 3.88. The van der Waals surface area contributed by atoms with E-state index in [1.54, 1.807) is 0 Å². The molecule has 0 radical (unpaired) electrons. The smallest absolute Gasteiger partial charge is 0.00387 e. The summed E-state index contributed by atoms with van der Waals surface area (Å²) in [6, 6.07) is 0.736. The van der Waals surface area contributed by atoms with Crippen LogP contribution in [-0.4, -0.2) is 12.6 Å². The van der Waals surface area contributed by atoms with Crippen LogP contribution >= 0.6 is 0 Å². The van der Waals surface area contributed by atoms with E-state index in [2.05, 4.69) is 19.2 Å². The molecule has 1 unspecified atom stereocenters. The van der Waals surface area contributed by atoms with Gasteiger partial charge < -0.3 is 5.32 Å². The fourth-order valence-electron chi connectivity index (χ4n) is 2.64. The maximum atomic E-state index is 3.73. The molecule has 1 heteroatoms. The Morgan fingerprint density at radius 3 is 2.14 bits per heavy atom. The summed E-state index contributed by atoms with van der Waals surface area (Å²) in [5, 5.41) is 3.73. The van der Waals surface area contributed by atoms with E-state index in [9.17, 15) is 0 Å². The highest BCUT2D eigenvalue weighted by molar-refractivity contribution is 4.92. The van der Waals surface area contributed by atoms with Gasteiger partial charge in [-0.2, -0.15) is 0 Å². The van der Waals surface area contributed by atoms with Crippen LogP contribution in [0.25, 0.3) is 0 Å². The van der Waals surface area contributed by atoms with Gasteiger partial charge in [0, 0.05) is 6.04 Å². The zero-order valence-corrected chi connectivity index (χ0v) is 9.76. The van der Waals surface area contributed by atoms with Crippen molar-refractivity contribution in [2.45, 2.75) is 58.4 Å². The minimum atomic E-state index is 0.736. The summed E-state index contributed by atoms with van der Waals surface area (Å²) in [6.07, 6.45) is 8.72. The van der Waals surface area contributed by atoms with Crippen molar-refractivity contribution in [1.29, 1.82) is 0 Å². The Hall–Kier alpha value is -0.0400. The van der Waals surface area contributed by atoms with Crippen LogP contribution in [0.4, 0.5) is 0 Å². The first-order valence-corrected chi connectivity index (χ1v) is 6.54. The Morgan fingerprint density at radius 1 is 1.14 bits per heavy atom. The first-order valence-electron chi connectivity index (χ1n) is 6.54. The fourth-order valence-corrected chi connectivity index (χ4v) is 2.64.